The summed E-state index contributed by atoms with van der Waals surface area (Å²) in [5.74, 6) is -0.374. The smallest absolute Gasteiger partial charge is 0.301 e. The number of aryl methyl sites for hydroxylation is 2. The first-order valence-corrected chi connectivity index (χ1v) is 9.89. The predicted molar refractivity (Wildman–Crippen MR) is 117 cm³/mol. The van der Waals surface area contributed by atoms with Crippen molar-refractivity contribution >= 4 is 23.3 Å². The van der Waals surface area contributed by atoms with E-state index in [9.17, 15) is 14.7 Å². The number of Topliss-reactive ketones (excluding diaryl/α,β-unsaturated/α-hetero) is 1. The summed E-state index contributed by atoms with van der Waals surface area (Å²) >= 11 is 0. The molecule has 2 aromatic carbocycles. The monoisotopic (exact) mass is 434 g/mol. The SMILES string of the molecule is COc1ccc([C@H]2/C(=C(\O)c3ccc(C)cc3)C(=O)C(=O)N2c2cc(C)on2)c(OC)c1. The Hall–Kier alpha value is -4.07. The molecule has 8 heteroatoms. The molecule has 0 bridgehead atoms. The van der Waals surface area contributed by atoms with E-state index in [1.54, 1.807) is 43.3 Å². The van der Waals surface area contributed by atoms with Gasteiger partial charge < -0.3 is 19.1 Å². The van der Waals surface area contributed by atoms with Crippen LogP contribution < -0.4 is 14.4 Å². The number of hydrogen-bond donors (Lipinski definition) is 1. The zero-order valence-electron chi connectivity index (χ0n) is 18.1. The predicted octanol–water partition coefficient (Wildman–Crippen LogP) is 3.93. The third-order valence-electron chi connectivity index (χ3n) is 5.37. The third-order valence-corrected chi connectivity index (χ3v) is 5.37. The Bertz CT molecular complexity index is 1230. The zero-order chi connectivity index (χ0) is 23.0. The second-order valence-corrected chi connectivity index (χ2v) is 7.44. The van der Waals surface area contributed by atoms with Crippen LogP contribution in [0.25, 0.3) is 5.76 Å². The lowest BCUT2D eigenvalue weighted by Crippen LogP contribution is -2.30. The van der Waals surface area contributed by atoms with Crippen molar-refractivity contribution in [1.29, 1.82) is 0 Å². The molecule has 0 saturated carbocycles. The Labute approximate surface area is 184 Å². The number of nitrogens with zero attached hydrogens (tertiary/aromatic N) is 2. The lowest BCUT2D eigenvalue weighted by Gasteiger charge is -2.24. The molecule has 1 saturated heterocycles. The summed E-state index contributed by atoms with van der Waals surface area (Å²) in [5.41, 5.74) is 1.83. The summed E-state index contributed by atoms with van der Waals surface area (Å²) < 4.78 is 15.9. The molecular formula is C24H22N2O6. The maximum absolute atomic E-state index is 13.2. The molecule has 3 aromatic rings. The Morgan fingerprint density at radius 3 is 2.34 bits per heavy atom. The van der Waals surface area contributed by atoms with Crippen molar-refractivity contribution in [2.75, 3.05) is 19.1 Å². The van der Waals surface area contributed by atoms with E-state index in [1.165, 1.54) is 19.1 Å². The highest BCUT2D eigenvalue weighted by molar-refractivity contribution is 6.51. The molecule has 8 nitrogen and oxygen atoms in total. The van der Waals surface area contributed by atoms with Crippen molar-refractivity contribution in [2.45, 2.75) is 19.9 Å². The second kappa shape index (κ2) is 8.22. The van der Waals surface area contributed by atoms with Crippen LogP contribution in [-0.4, -0.2) is 36.2 Å². The van der Waals surface area contributed by atoms with Crippen molar-refractivity contribution < 1.29 is 28.7 Å². The standard InChI is InChI=1S/C24H22N2O6/c1-13-5-7-15(8-6-13)22(27)20-21(17-10-9-16(30-3)12-18(17)31-4)26(24(29)23(20)28)19-11-14(2)32-25-19/h5-12,21,27H,1-4H3/b22-20+/t21-/m0/s1. The zero-order valence-corrected chi connectivity index (χ0v) is 18.1. The normalized spacial score (nSPS) is 17.6. The second-order valence-electron chi connectivity index (χ2n) is 7.44. The fourth-order valence-corrected chi connectivity index (χ4v) is 3.74. The minimum Gasteiger partial charge on any atom is -0.507 e. The molecule has 2 heterocycles. The molecule has 1 amide bonds. The van der Waals surface area contributed by atoms with E-state index in [1.807, 2.05) is 19.1 Å². The number of ketones is 1. The molecule has 1 atom stereocenters. The first-order valence-electron chi connectivity index (χ1n) is 9.89. The average molecular weight is 434 g/mol. The molecule has 1 fully saturated rings. The highest BCUT2D eigenvalue weighted by atomic mass is 16.5. The van der Waals surface area contributed by atoms with Crippen LogP contribution in [0.15, 0.2) is 58.6 Å². The molecule has 1 aliphatic heterocycles. The van der Waals surface area contributed by atoms with E-state index in [-0.39, 0.29) is 17.2 Å². The number of hydrogen-bond acceptors (Lipinski definition) is 7. The molecule has 0 aliphatic carbocycles. The van der Waals surface area contributed by atoms with Crippen LogP contribution in [0.1, 0.15) is 28.5 Å². The molecule has 32 heavy (non-hydrogen) atoms. The van der Waals surface area contributed by atoms with Gasteiger partial charge in [-0.3, -0.25) is 14.5 Å². The quantitative estimate of drug-likeness (QED) is 0.369. The van der Waals surface area contributed by atoms with Gasteiger partial charge in [0.15, 0.2) is 5.82 Å². The maximum atomic E-state index is 13.2. The Morgan fingerprint density at radius 1 is 1.03 bits per heavy atom. The molecule has 1 N–H and O–H groups in total. The van der Waals surface area contributed by atoms with Crippen LogP contribution in [0, 0.1) is 13.8 Å². The molecule has 1 aliphatic rings. The van der Waals surface area contributed by atoms with Crippen molar-refractivity contribution in [1.82, 2.24) is 5.16 Å². The molecule has 0 unspecified atom stereocenters. The Balaban J connectivity index is 1.98. The lowest BCUT2D eigenvalue weighted by atomic mass is 9.94. The molecular weight excluding hydrogens is 412 g/mol. The summed E-state index contributed by atoms with van der Waals surface area (Å²) in [7, 11) is 3.00. The number of aliphatic hydroxyl groups is 1. The van der Waals surface area contributed by atoms with Gasteiger partial charge in [0.05, 0.1) is 19.8 Å². The van der Waals surface area contributed by atoms with Gasteiger partial charge in [-0.15, -0.1) is 0 Å². The van der Waals surface area contributed by atoms with Crippen molar-refractivity contribution in [3.63, 3.8) is 0 Å². The largest absolute Gasteiger partial charge is 0.507 e. The van der Waals surface area contributed by atoms with Gasteiger partial charge in [-0.25, -0.2) is 0 Å². The van der Waals surface area contributed by atoms with Gasteiger partial charge >= 0.3 is 5.91 Å². The van der Waals surface area contributed by atoms with Gasteiger partial charge in [-0.1, -0.05) is 35.0 Å². The van der Waals surface area contributed by atoms with Gasteiger partial charge in [-0.05, 0) is 26.0 Å². The number of aromatic nitrogens is 1. The summed E-state index contributed by atoms with van der Waals surface area (Å²) in [6.45, 7) is 3.60. The van der Waals surface area contributed by atoms with E-state index >= 15 is 0 Å². The fourth-order valence-electron chi connectivity index (χ4n) is 3.74. The van der Waals surface area contributed by atoms with Gasteiger partial charge in [0.2, 0.25) is 0 Å². The molecule has 1 aromatic heterocycles. The summed E-state index contributed by atoms with van der Waals surface area (Å²) in [4.78, 5) is 27.5. The van der Waals surface area contributed by atoms with Crippen molar-refractivity contribution in [3.05, 3.63) is 76.6 Å². The number of anilines is 1. The van der Waals surface area contributed by atoms with Crippen molar-refractivity contribution in [2.24, 2.45) is 0 Å². The summed E-state index contributed by atoms with van der Waals surface area (Å²) in [6, 6.07) is 12.6. The molecule has 0 radical (unpaired) electrons. The summed E-state index contributed by atoms with van der Waals surface area (Å²) in [6.07, 6.45) is 0. The van der Waals surface area contributed by atoms with Crippen molar-refractivity contribution in [3.8, 4) is 11.5 Å². The van der Waals surface area contributed by atoms with Crippen LogP contribution in [0.2, 0.25) is 0 Å². The number of amides is 1. The van der Waals surface area contributed by atoms with E-state index < -0.39 is 17.7 Å². The number of methoxy groups -OCH3 is 2. The first-order chi connectivity index (χ1) is 15.3. The molecule has 0 spiro atoms. The summed E-state index contributed by atoms with van der Waals surface area (Å²) in [5, 5.41) is 15.1. The minimum atomic E-state index is -0.985. The van der Waals surface area contributed by atoms with E-state index in [4.69, 9.17) is 14.0 Å². The average Bonchev–Trinajstić information content (AvgIpc) is 3.33. The number of carbonyl (C=O) groups excluding carboxylic acids is 2. The topological polar surface area (TPSA) is 102 Å². The number of rotatable bonds is 5. The highest BCUT2D eigenvalue weighted by Gasteiger charge is 2.49. The van der Waals surface area contributed by atoms with Gasteiger partial charge in [-0.2, -0.15) is 0 Å². The van der Waals surface area contributed by atoms with Crippen LogP contribution in [0.5, 0.6) is 11.5 Å². The van der Waals surface area contributed by atoms with Crippen LogP contribution >= 0.6 is 0 Å². The number of ether oxygens (including phenoxy) is 2. The Morgan fingerprint density at radius 2 is 1.75 bits per heavy atom. The first kappa shape index (κ1) is 21.2. The fraction of sp³-hybridized carbons (Fsp3) is 0.208. The molecule has 4 rings (SSSR count). The van der Waals surface area contributed by atoms with E-state index in [2.05, 4.69) is 5.16 Å². The number of benzene rings is 2. The lowest BCUT2D eigenvalue weighted by molar-refractivity contribution is -0.132. The van der Waals surface area contributed by atoms with E-state index in [0.29, 0.717) is 28.4 Å². The number of carbonyl (C=O) groups is 2. The highest BCUT2D eigenvalue weighted by Crippen LogP contribution is 2.45. The van der Waals surface area contributed by atoms with Crippen LogP contribution in [0.4, 0.5) is 5.82 Å². The minimum absolute atomic E-state index is 0.0667. The van der Waals surface area contributed by atoms with Gasteiger partial charge in [0.1, 0.15) is 29.1 Å². The van der Waals surface area contributed by atoms with Crippen LogP contribution in [-0.2, 0) is 9.59 Å². The van der Waals surface area contributed by atoms with E-state index in [0.717, 1.165) is 5.56 Å². The van der Waals surface area contributed by atoms with Gasteiger partial charge in [0.25, 0.3) is 5.78 Å². The molecule has 164 valence electrons. The maximum Gasteiger partial charge on any atom is 0.301 e. The third kappa shape index (κ3) is 3.49. The number of aliphatic hydroxyl groups excluding tert-OH is 1. The van der Waals surface area contributed by atoms with Gasteiger partial charge in [0, 0.05) is 23.3 Å². The Kier molecular flexibility index (Phi) is 5.44. The van der Waals surface area contributed by atoms with Crippen LogP contribution in [0.3, 0.4) is 0 Å².